The SMILES string of the molecule is CC(=O)OC[C@]1(O)C[C@]23C=C[C@H]1[C@@H](O)[C@H]2[C@]1(C)CCCC(C)(C)[C@H]1CC3. The summed E-state index contributed by atoms with van der Waals surface area (Å²) in [6.07, 6.45) is 10.1. The molecule has 0 unspecified atom stereocenters. The van der Waals surface area contributed by atoms with Crippen molar-refractivity contribution in [3.63, 3.8) is 0 Å². The fraction of sp³-hybridized carbons (Fsp3) is 0.864. The van der Waals surface area contributed by atoms with Crippen LogP contribution in [0, 0.1) is 34.0 Å². The van der Waals surface area contributed by atoms with Crippen LogP contribution in [-0.2, 0) is 9.53 Å². The molecule has 5 aliphatic rings. The van der Waals surface area contributed by atoms with E-state index in [2.05, 4.69) is 26.8 Å². The average molecular weight is 363 g/mol. The standard InChI is InChI=1S/C22H34O4/c1-14(23)26-13-22(25)12-21-10-6-15(22)17(24)18(21)20(4)9-5-8-19(2,3)16(20)7-11-21/h6,10,15-18,24-25H,5,7-9,11-13H2,1-4H3/t15-,16+,17+,18-,20+,21+,22+/m0/s1. The number of hydrogen-bond acceptors (Lipinski definition) is 4. The number of aliphatic hydroxyl groups excluding tert-OH is 1. The average Bonchev–Trinajstić information content (AvgIpc) is 2.51. The third-order valence-corrected chi connectivity index (χ3v) is 8.63. The Morgan fingerprint density at radius 2 is 1.96 bits per heavy atom. The van der Waals surface area contributed by atoms with Gasteiger partial charge in [0.1, 0.15) is 12.2 Å². The smallest absolute Gasteiger partial charge is 0.302 e. The Kier molecular flexibility index (Phi) is 3.96. The molecule has 4 nitrogen and oxygen atoms in total. The van der Waals surface area contributed by atoms with Crippen LogP contribution in [0.15, 0.2) is 12.2 Å². The molecule has 0 radical (unpaired) electrons. The normalized spacial score (nSPS) is 51.5. The van der Waals surface area contributed by atoms with E-state index in [0.717, 1.165) is 19.3 Å². The summed E-state index contributed by atoms with van der Waals surface area (Å²) in [5.41, 5.74) is -0.917. The minimum atomic E-state index is -1.15. The summed E-state index contributed by atoms with van der Waals surface area (Å²) in [7, 11) is 0. The Morgan fingerprint density at radius 3 is 2.65 bits per heavy atom. The van der Waals surface area contributed by atoms with Gasteiger partial charge in [-0.15, -0.1) is 0 Å². The molecule has 2 bridgehead atoms. The zero-order valence-corrected chi connectivity index (χ0v) is 16.6. The number of allylic oxidation sites excluding steroid dienone is 1. The van der Waals surface area contributed by atoms with Crippen LogP contribution in [0.4, 0.5) is 0 Å². The highest BCUT2D eigenvalue weighted by molar-refractivity contribution is 5.66. The van der Waals surface area contributed by atoms with Crippen molar-refractivity contribution >= 4 is 5.97 Å². The molecule has 0 aromatic rings. The quantitative estimate of drug-likeness (QED) is 0.583. The van der Waals surface area contributed by atoms with E-state index in [1.165, 1.54) is 19.8 Å². The van der Waals surface area contributed by atoms with E-state index < -0.39 is 11.7 Å². The number of ether oxygens (including phenoxy) is 1. The lowest BCUT2D eigenvalue weighted by molar-refractivity contribution is -0.246. The van der Waals surface area contributed by atoms with E-state index in [9.17, 15) is 15.0 Å². The van der Waals surface area contributed by atoms with Gasteiger partial charge in [-0.25, -0.2) is 0 Å². The van der Waals surface area contributed by atoms with Crippen molar-refractivity contribution in [3.05, 3.63) is 12.2 Å². The lowest BCUT2D eigenvalue weighted by atomic mass is 9.36. The van der Waals surface area contributed by atoms with Gasteiger partial charge in [0.2, 0.25) is 0 Å². The molecule has 146 valence electrons. The van der Waals surface area contributed by atoms with Crippen molar-refractivity contribution in [3.8, 4) is 0 Å². The third-order valence-electron chi connectivity index (χ3n) is 8.63. The summed E-state index contributed by atoms with van der Waals surface area (Å²) in [5, 5.41) is 22.7. The summed E-state index contributed by atoms with van der Waals surface area (Å²) in [4.78, 5) is 11.3. The van der Waals surface area contributed by atoms with Crippen molar-refractivity contribution in [1.29, 1.82) is 0 Å². The fourth-order valence-corrected chi connectivity index (χ4v) is 7.83. The van der Waals surface area contributed by atoms with E-state index in [1.807, 2.05) is 6.08 Å². The first-order valence-corrected chi connectivity index (χ1v) is 10.3. The van der Waals surface area contributed by atoms with Gasteiger partial charge in [-0.1, -0.05) is 39.3 Å². The topological polar surface area (TPSA) is 66.8 Å². The molecule has 5 rings (SSSR count). The van der Waals surface area contributed by atoms with Crippen molar-refractivity contribution in [2.45, 2.75) is 77.9 Å². The Balaban J connectivity index is 1.71. The minimum Gasteiger partial charge on any atom is -0.463 e. The lowest BCUT2D eigenvalue weighted by Gasteiger charge is -2.69. The van der Waals surface area contributed by atoms with Gasteiger partial charge in [0.25, 0.3) is 0 Å². The molecule has 0 aliphatic heterocycles. The molecular formula is C22H34O4. The predicted molar refractivity (Wildman–Crippen MR) is 99.2 cm³/mol. The largest absolute Gasteiger partial charge is 0.463 e. The summed E-state index contributed by atoms with van der Waals surface area (Å²) in [6.45, 7) is 8.54. The molecule has 0 saturated heterocycles. The first kappa shape index (κ1) is 18.5. The first-order chi connectivity index (χ1) is 12.0. The van der Waals surface area contributed by atoms with Gasteiger partial charge in [-0.2, -0.15) is 0 Å². The summed E-state index contributed by atoms with van der Waals surface area (Å²) in [6, 6.07) is 0. The van der Waals surface area contributed by atoms with Crippen LogP contribution in [0.25, 0.3) is 0 Å². The second kappa shape index (κ2) is 5.57. The van der Waals surface area contributed by atoms with Gasteiger partial charge in [-0.3, -0.25) is 4.79 Å². The Labute approximate surface area is 157 Å². The Morgan fingerprint density at radius 1 is 1.23 bits per heavy atom. The maximum atomic E-state index is 11.4. The molecule has 0 amide bonds. The molecule has 26 heavy (non-hydrogen) atoms. The molecule has 3 fully saturated rings. The number of carbonyl (C=O) groups excluding carboxylic acids is 1. The zero-order valence-electron chi connectivity index (χ0n) is 16.6. The van der Waals surface area contributed by atoms with Crippen molar-refractivity contribution in [2.24, 2.45) is 34.0 Å². The van der Waals surface area contributed by atoms with E-state index in [4.69, 9.17) is 4.74 Å². The van der Waals surface area contributed by atoms with Gasteiger partial charge in [0.05, 0.1) is 6.10 Å². The number of carbonyl (C=O) groups is 1. The molecule has 0 heterocycles. The fourth-order valence-electron chi connectivity index (χ4n) is 7.83. The van der Waals surface area contributed by atoms with Gasteiger partial charge in [-0.05, 0) is 54.3 Å². The van der Waals surface area contributed by atoms with E-state index in [1.54, 1.807) is 0 Å². The molecule has 4 heteroatoms. The zero-order chi connectivity index (χ0) is 19.0. The van der Waals surface area contributed by atoms with Gasteiger partial charge < -0.3 is 14.9 Å². The van der Waals surface area contributed by atoms with Crippen LogP contribution < -0.4 is 0 Å². The minimum absolute atomic E-state index is 0.0193. The summed E-state index contributed by atoms with van der Waals surface area (Å²) in [5.74, 6) is 0.0655. The molecule has 2 N–H and O–H groups in total. The van der Waals surface area contributed by atoms with Crippen molar-refractivity contribution in [1.82, 2.24) is 0 Å². The van der Waals surface area contributed by atoms with Gasteiger partial charge >= 0.3 is 5.97 Å². The monoisotopic (exact) mass is 362 g/mol. The molecule has 0 aromatic carbocycles. The van der Waals surface area contributed by atoms with Gasteiger partial charge in [0, 0.05) is 18.8 Å². The highest BCUT2D eigenvalue weighted by Gasteiger charge is 2.68. The second-order valence-electron chi connectivity index (χ2n) is 10.6. The third kappa shape index (κ3) is 2.37. The van der Waals surface area contributed by atoms with Crippen LogP contribution >= 0.6 is 0 Å². The van der Waals surface area contributed by atoms with E-state index in [-0.39, 0.29) is 35.2 Å². The number of aliphatic hydroxyl groups is 2. The van der Waals surface area contributed by atoms with Crippen LogP contribution in [-0.4, -0.2) is 34.5 Å². The molecule has 1 spiro atoms. The van der Waals surface area contributed by atoms with Crippen molar-refractivity contribution < 1.29 is 19.7 Å². The lowest BCUT2D eigenvalue weighted by Crippen LogP contribution is -2.69. The van der Waals surface area contributed by atoms with Crippen LogP contribution in [0.2, 0.25) is 0 Å². The number of esters is 1. The number of fused-ring (bicyclic) bond motifs is 2. The highest BCUT2D eigenvalue weighted by Crippen LogP contribution is 2.71. The summed E-state index contributed by atoms with van der Waals surface area (Å²) < 4.78 is 5.19. The van der Waals surface area contributed by atoms with Crippen LogP contribution in [0.1, 0.15) is 66.2 Å². The molecule has 5 aliphatic carbocycles. The van der Waals surface area contributed by atoms with Crippen LogP contribution in [0.3, 0.4) is 0 Å². The Bertz CT molecular complexity index is 640. The van der Waals surface area contributed by atoms with Gasteiger partial charge in [0.15, 0.2) is 0 Å². The van der Waals surface area contributed by atoms with E-state index in [0.29, 0.717) is 17.8 Å². The summed E-state index contributed by atoms with van der Waals surface area (Å²) >= 11 is 0. The number of hydrogen-bond donors (Lipinski definition) is 2. The maximum Gasteiger partial charge on any atom is 0.302 e. The molecule has 7 atom stereocenters. The van der Waals surface area contributed by atoms with E-state index >= 15 is 0 Å². The molecule has 0 aromatic heterocycles. The highest BCUT2D eigenvalue weighted by atomic mass is 16.5. The molecule has 3 saturated carbocycles. The molecular weight excluding hydrogens is 328 g/mol. The Hall–Kier alpha value is -0.870. The van der Waals surface area contributed by atoms with Crippen LogP contribution in [0.5, 0.6) is 0 Å². The predicted octanol–water partition coefficient (Wildman–Crippen LogP) is 3.46. The number of rotatable bonds is 2. The van der Waals surface area contributed by atoms with Crippen molar-refractivity contribution in [2.75, 3.05) is 6.61 Å². The first-order valence-electron chi connectivity index (χ1n) is 10.3. The maximum absolute atomic E-state index is 11.4. The second-order valence-corrected chi connectivity index (χ2v) is 10.6.